The number of nitrogens with two attached hydrogens (primary N) is 1. The Hall–Kier alpha value is -0.570. The van der Waals surface area contributed by atoms with Gasteiger partial charge in [0.2, 0.25) is 0 Å². The van der Waals surface area contributed by atoms with Crippen LogP contribution in [0, 0.1) is 11.8 Å². The molecule has 1 rings (SSSR count). The number of carbonyl (C=O) groups excluding carboxylic acids is 1. The van der Waals surface area contributed by atoms with Gasteiger partial charge in [0, 0.05) is 6.04 Å². The minimum absolute atomic E-state index is 0.00801. The van der Waals surface area contributed by atoms with E-state index in [-0.39, 0.29) is 17.9 Å². The first kappa shape index (κ1) is 9.52. The summed E-state index contributed by atoms with van der Waals surface area (Å²) >= 11 is 0. The van der Waals surface area contributed by atoms with E-state index in [0.717, 1.165) is 19.3 Å². The molecule has 2 N–H and O–H groups in total. The second-order valence-electron chi connectivity index (χ2n) is 3.71. The number of ether oxygens (including phenoxy) is 1. The third-order valence-electron chi connectivity index (χ3n) is 2.67. The molecule has 0 aromatic heterocycles. The Morgan fingerprint density at radius 3 is 2.75 bits per heavy atom. The summed E-state index contributed by atoms with van der Waals surface area (Å²) < 4.78 is 4.69. The van der Waals surface area contributed by atoms with Gasteiger partial charge in [-0.25, -0.2) is 0 Å². The molecule has 0 radical (unpaired) electrons. The quantitative estimate of drug-likeness (QED) is 0.597. The van der Waals surface area contributed by atoms with E-state index < -0.39 is 0 Å². The second kappa shape index (κ2) is 3.90. The van der Waals surface area contributed by atoms with Crippen LogP contribution < -0.4 is 5.73 Å². The fourth-order valence-electron chi connectivity index (χ4n) is 1.83. The van der Waals surface area contributed by atoms with E-state index in [0.29, 0.717) is 5.92 Å². The first-order chi connectivity index (χ1) is 5.65. The fourth-order valence-corrected chi connectivity index (χ4v) is 1.83. The number of carbonyl (C=O) groups is 1. The van der Waals surface area contributed by atoms with Gasteiger partial charge in [0.25, 0.3) is 0 Å². The summed E-state index contributed by atoms with van der Waals surface area (Å²) in [6, 6.07) is 0.00801. The van der Waals surface area contributed by atoms with Gasteiger partial charge in [0.1, 0.15) is 0 Å². The normalized spacial score (nSPS) is 36.1. The average molecular weight is 171 g/mol. The van der Waals surface area contributed by atoms with Gasteiger partial charge in [-0.2, -0.15) is 0 Å². The first-order valence-electron chi connectivity index (χ1n) is 4.48. The van der Waals surface area contributed by atoms with Crippen molar-refractivity contribution in [2.45, 2.75) is 32.2 Å². The van der Waals surface area contributed by atoms with Crippen molar-refractivity contribution < 1.29 is 9.53 Å². The lowest BCUT2D eigenvalue weighted by molar-refractivity contribution is -0.147. The van der Waals surface area contributed by atoms with Crippen molar-refractivity contribution in [1.29, 1.82) is 0 Å². The highest BCUT2D eigenvalue weighted by Gasteiger charge is 2.31. The van der Waals surface area contributed by atoms with Crippen molar-refractivity contribution in [2.24, 2.45) is 17.6 Å². The van der Waals surface area contributed by atoms with Gasteiger partial charge >= 0.3 is 5.97 Å². The highest BCUT2D eigenvalue weighted by molar-refractivity contribution is 5.73. The van der Waals surface area contributed by atoms with Crippen LogP contribution in [0.1, 0.15) is 26.2 Å². The Labute approximate surface area is 73.3 Å². The van der Waals surface area contributed by atoms with Crippen LogP contribution in [0.2, 0.25) is 0 Å². The van der Waals surface area contributed by atoms with Crippen LogP contribution in [0.3, 0.4) is 0 Å². The highest BCUT2D eigenvalue weighted by atomic mass is 16.5. The molecule has 0 aliphatic heterocycles. The lowest BCUT2D eigenvalue weighted by atomic mass is 9.79. The van der Waals surface area contributed by atoms with E-state index in [2.05, 4.69) is 11.7 Å². The van der Waals surface area contributed by atoms with Crippen LogP contribution >= 0.6 is 0 Å². The molecule has 1 aliphatic carbocycles. The maximum atomic E-state index is 11.2. The predicted molar refractivity (Wildman–Crippen MR) is 46.5 cm³/mol. The summed E-state index contributed by atoms with van der Waals surface area (Å²) in [5, 5.41) is 0. The smallest absolute Gasteiger partial charge is 0.310 e. The first-order valence-corrected chi connectivity index (χ1v) is 4.48. The Morgan fingerprint density at radius 1 is 1.50 bits per heavy atom. The van der Waals surface area contributed by atoms with Crippen molar-refractivity contribution in [3.63, 3.8) is 0 Å². The lowest BCUT2D eigenvalue weighted by Crippen LogP contribution is -2.40. The second-order valence-corrected chi connectivity index (χ2v) is 3.71. The van der Waals surface area contributed by atoms with Crippen molar-refractivity contribution >= 4 is 5.97 Å². The van der Waals surface area contributed by atoms with Gasteiger partial charge in [-0.15, -0.1) is 0 Å². The summed E-state index contributed by atoms with van der Waals surface area (Å²) in [7, 11) is 1.42. The van der Waals surface area contributed by atoms with Gasteiger partial charge in [0.15, 0.2) is 0 Å². The molecular weight excluding hydrogens is 154 g/mol. The van der Waals surface area contributed by atoms with Gasteiger partial charge in [0.05, 0.1) is 13.0 Å². The summed E-state index contributed by atoms with van der Waals surface area (Å²) in [5.41, 5.74) is 5.82. The van der Waals surface area contributed by atoms with E-state index in [1.54, 1.807) is 0 Å². The zero-order chi connectivity index (χ0) is 9.14. The van der Waals surface area contributed by atoms with E-state index in [4.69, 9.17) is 5.73 Å². The van der Waals surface area contributed by atoms with Gasteiger partial charge < -0.3 is 10.5 Å². The molecule has 0 spiro atoms. The molecule has 0 heterocycles. The van der Waals surface area contributed by atoms with Crippen LogP contribution in [0.4, 0.5) is 0 Å². The maximum Gasteiger partial charge on any atom is 0.310 e. The third kappa shape index (κ3) is 1.97. The van der Waals surface area contributed by atoms with Crippen LogP contribution in [-0.2, 0) is 9.53 Å². The van der Waals surface area contributed by atoms with Gasteiger partial charge in [-0.3, -0.25) is 4.79 Å². The van der Waals surface area contributed by atoms with E-state index in [1.165, 1.54) is 7.11 Å². The standard InChI is InChI=1S/C9H17NO2/c1-6-3-4-8(10)7(5-6)9(11)12-2/h6-8H,3-5,10H2,1-2H3. The molecule has 0 saturated heterocycles. The zero-order valence-corrected chi connectivity index (χ0v) is 7.75. The fraction of sp³-hybridized carbons (Fsp3) is 0.889. The Bertz CT molecular complexity index is 170. The van der Waals surface area contributed by atoms with E-state index in [9.17, 15) is 4.79 Å². The molecule has 3 nitrogen and oxygen atoms in total. The number of rotatable bonds is 1. The SMILES string of the molecule is COC(=O)C1CC(C)CCC1N. The molecule has 0 aromatic carbocycles. The van der Waals surface area contributed by atoms with Gasteiger partial charge in [-0.1, -0.05) is 6.92 Å². The molecule has 1 fully saturated rings. The van der Waals surface area contributed by atoms with Crippen LogP contribution in [0.15, 0.2) is 0 Å². The molecule has 70 valence electrons. The average Bonchev–Trinajstić information content (AvgIpc) is 2.08. The number of hydrogen-bond donors (Lipinski definition) is 1. The van der Waals surface area contributed by atoms with Gasteiger partial charge in [-0.05, 0) is 25.2 Å². The molecule has 0 bridgehead atoms. The highest BCUT2D eigenvalue weighted by Crippen LogP contribution is 2.28. The Kier molecular flexibility index (Phi) is 3.09. The van der Waals surface area contributed by atoms with Crippen LogP contribution in [0.5, 0.6) is 0 Å². The largest absolute Gasteiger partial charge is 0.469 e. The monoisotopic (exact) mass is 171 g/mol. The Balaban J connectivity index is 2.54. The minimum Gasteiger partial charge on any atom is -0.469 e. The molecule has 1 saturated carbocycles. The third-order valence-corrected chi connectivity index (χ3v) is 2.67. The van der Waals surface area contributed by atoms with Crippen molar-refractivity contribution in [2.75, 3.05) is 7.11 Å². The topological polar surface area (TPSA) is 52.3 Å². The molecule has 3 atom stereocenters. The van der Waals surface area contributed by atoms with Crippen LogP contribution in [-0.4, -0.2) is 19.1 Å². The summed E-state index contributed by atoms with van der Waals surface area (Å²) in [5.74, 6) is 0.390. The molecule has 0 amide bonds. The molecular formula is C9H17NO2. The lowest BCUT2D eigenvalue weighted by Gasteiger charge is -2.30. The van der Waals surface area contributed by atoms with Crippen LogP contribution in [0.25, 0.3) is 0 Å². The minimum atomic E-state index is -0.144. The zero-order valence-electron chi connectivity index (χ0n) is 7.75. The molecule has 3 unspecified atom stereocenters. The summed E-state index contributed by atoms with van der Waals surface area (Å²) in [6.07, 6.45) is 2.96. The number of esters is 1. The number of hydrogen-bond acceptors (Lipinski definition) is 3. The van der Waals surface area contributed by atoms with E-state index in [1.807, 2.05) is 0 Å². The predicted octanol–water partition coefficient (Wildman–Crippen LogP) is 0.923. The van der Waals surface area contributed by atoms with E-state index >= 15 is 0 Å². The molecule has 1 aliphatic rings. The van der Waals surface area contributed by atoms with Crippen molar-refractivity contribution in [3.8, 4) is 0 Å². The number of methoxy groups -OCH3 is 1. The van der Waals surface area contributed by atoms with Crippen molar-refractivity contribution in [3.05, 3.63) is 0 Å². The molecule has 3 heteroatoms. The molecule has 0 aromatic rings. The molecule has 12 heavy (non-hydrogen) atoms. The summed E-state index contributed by atoms with van der Waals surface area (Å²) in [6.45, 7) is 2.15. The summed E-state index contributed by atoms with van der Waals surface area (Å²) in [4.78, 5) is 11.2. The maximum absolute atomic E-state index is 11.2. The Morgan fingerprint density at radius 2 is 2.17 bits per heavy atom. The van der Waals surface area contributed by atoms with Crippen molar-refractivity contribution in [1.82, 2.24) is 0 Å².